The van der Waals surface area contributed by atoms with Gasteiger partial charge >= 0.3 is 13.1 Å². The molecule has 0 atom stereocenters. The molecule has 0 saturated carbocycles. The van der Waals surface area contributed by atoms with Crippen molar-refractivity contribution in [2.24, 2.45) is 0 Å². The monoisotopic (exact) mass is 221 g/mol. The second kappa shape index (κ2) is 3.95. The highest BCUT2D eigenvalue weighted by Gasteiger charge is 2.21. The number of oxazole rings is 1. The highest BCUT2D eigenvalue weighted by Crippen LogP contribution is 2.13. The molecule has 0 radical (unpaired) electrons. The Bertz CT molecular complexity index is 536. The number of nitrogens with zero attached hydrogens (tertiary/aromatic N) is 1. The van der Waals surface area contributed by atoms with Crippen LogP contribution in [-0.4, -0.2) is 35.2 Å². The van der Waals surface area contributed by atoms with Crippen molar-refractivity contribution < 1.29 is 24.0 Å². The van der Waals surface area contributed by atoms with E-state index in [4.69, 9.17) is 14.5 Å². The highest BCUT2D eigenvalue weighted by atomic mass is 16.5. The summed E-state index contributed by atoms with van der Waals surface area (Å²) in [7, 11) is -0.496. The first-order chi connectivity index (χ1) is 7.63. The van der Waals surface area contributed by atoms with Gasteiger partial charge in [0.05, 0.1) is 12.7 Å². The van der Waals surface area contributed by atoms with Gasteiger partial charge in [0.1, 0.15) is 5.52 Å². The molecule has 0 amide bonds. The first-order valence-corrected chi connectivity index (χ1v) is 4.45. The van der Waals surface area contributed by atoms with E-state index in [1.807, 2.05) is 0 Å². The zero-order valence-electron chi connectivity index (χ0n) is 8.38. The molecular formula is C9H8BNO5. The Hall–Kier alpha value is -1.86. The number of rotatable bonds is 2. The van der Waals surface area contributed by atoms with Crippen LogP contribution in [0.3, 0.4) is 0 Å². The predicted octanol–water partition coefficient (Wildman–Crippen LogP) is -0.706. The lowest BCUT2D eigenvalue weighted by atomic mass is 9.79. The van der Waals surface area contributed by atoms with E-state index in [9.17, 15) is 4.79 Å². The van der Waals surface area contributed by atoms with Crippen LogP contribution < -0.4 is 5.46 Å². The van der Waals surface area contributed by atoms with Gasteiger partial charge in [-0.3, -0.25) is 0 Å². The average molecular weight is 221 g/mol. The van der Waals surface area contributed by atoms with Gasteiger partial charge in [0, 0.05) is 5.46 Å². The lowest BCUT2D eigenvalue weighted by molar-refractivity contribution is 0.0601. The number of carbonyl (C=O) groups excluding carboxylic acids is 1. The van der Waals surface area contributed by atoms with Crippen molar-refractivity contribution in [2.75, 3.05) is 7.11 Å². The summed E-state index contributed by atoms with van der Waals surface area (Å²) in [5.74, 6) is -0.577. The smallest absolute Gasteiger partial charge is 0.465 e. The van der Waals surface area contributed by atoms with Gasteiger partial charge < -0.3 is 19.2 Å². The SMILES string of the molecule is COC(=O)c1cc(B(O)O)c2ocnc2c1. The molecule has 7 heteroatoms. The molecule has 1 aromatic carbocycles. The lowest BCUT2D eigenvalue weighted by Crippen LogP contribution is -2.31. The fraction of sp³-hybridized carbons (Fsp3) is 0.111. The van der Waals surface area contributed by atoms with Crippen LogP contribution in [0.1, 0.15) is 10.4 Å². The molecule has 6 nitrogen and oxygen atoms in total. The number of hydrogen-bond donors (Lipinski definition) is 2. The number of hydrogen-bond acceptors (Lipinski definition) is 6. The van der Waals surface area contributed by atoms with E-state index >= 15 is 0 Å². The minimum absolute atomic E-state index is 0.0791. The molecule has 2 N–H and O–H groups in total. The Morgan fingerprint density at radius 3 is 2.88 bits per heavy atom. The van der Waals surface area contributed by atoms with E-state index in [0.29, 0.717) is 5.52 Å². The van der Waals surface area contributed by atoms with Crippen molar-refractivity contribution in [1.29, 1.82) is 0 Å². The maximum absolute atomic E-state index is 11.3. The van der Waals surface area contributed by atoms with Gasteiger partial charge in [0.25, 0.3) is 0 Å². The predicted molar refractivity (Wildman–Crippen MR) is 55.2 cm³/mol. The molecule has 82 valence electrons. The van der Waals surface area contributed by atoms with E-state index in [1.54, 1.807) is 0 Å². The van der Waals surface area contributed by atoms with Gasteiger partial charge in [-0.25, -0.2) is 9.78 Å². The van der Waals surface area contributed by atoms with Crippen molar-refractivity contribution in [3.63, 3.8) is 0 Å². The molecule has 0 unspecified atom stereocenters. The normalized spacial score (nSPS) is 10.4. The van der Waals surface area contributed by atoms with Crippen molar-refractivity contribution in [3.8, 4) is 0 Å². The number of carbonyl (C=O) groups is 1. The first kappa shape index (κ1) is 10.7. The zero-order valence-corrected chi connectivity index (χ0v) is 8.38. The minimum Gasteiger partial charge on any atom is -0.465 e. The summed E-state index contributed by atoms with van der Waals surface area (Å²) in [4.78, 5) is 15.2. The molecule has 16 heavy (non-hydrogen) atoms. The number of benzene rings is 1. The highest BCUT2D eigenvalue weighted by molar-refractivity contribution is 6.61. The fourth-order valence-corrected chi connectivity index (χ4v) is 1.42. The molecule has 0 fully saturated rings. The van der Waals surface area contributed by atoms with Crippen molar-refractivity contribution >= 4 is 29.7 Å². The molecule has 0 bridgehead atoms. The third kappa shape index (κ3) is 1.66. The molecule has 0 spiro atoms. The van der Waals surface area contributed by atoms with Crippen LogP contribution >= 0.6 is 0 Å². The maximum Gasteiger partial charge on any atom is 0.492 e. The summed E-state index contributed by atoms with van der Waals surface area (Å²) < 4.78 is 9.53. The second-order valence-corrected chi connectivity index (χ2v) is 3.13. The molecule has 1 heterocycles. The van der Waals surface area contributed by atoms with Gasteiger partial charge in [0.15, 0.2) is 12.0 Å². The summed E-state index contributed by atoms with van der Waals surface area (Å²) in [6.45, 7) is 0. The summed E-state index contributed by atoms with van der Waals surface area (Å²) in [6, 6.07) is 2.75. The van der Waals surface area contributed by atoms with Gasteiger partial charge in [-0.05, 0) is 12.1 Å². The number of esters is 1. The van der Waals surface area contributed by atoms with Crippen molar-refractivity contribution in [2.45, 2.75) is 0 Å². The zero-order chi connectivity index (χ0) is 11.7. The summed E-state index contributed by atoms with van der Waals surface area (Å²) in [5.41, 5.74) is 0.871. The van der Waals surface area contributed by atoms with Crippen molar-refractivity contribution in [3.05, 3.63) is 24.1 Å². The van der Waals surface area contributed by atoms with Crippen molar-refractivity contribution in [1.82, 2.24) is 4.98 Å². The summed E-state index contributed by atoms with van der Waals surface area (Å²) in [5, 5.41) is 18.3. The van der Waals surface area contributed by atoms with Crippen LogP contribution in [0.5, 0.6) is 0 Å². The number of methoxy groups -OCH3 is 1. The molecule has 0 aliphatic carbocycles. The van der Waals surface area contributed by atoms with Gasteiger partial charge in [-0.2, -0.15) is 0 Å². The van der Waals surface area contributed by atoms with E-state index in [-0.39, 0.29) is 16.6 Å². The van der Waals surface area contributed by atoms with Gasteiger partial charge in [-0.1, -0.05) is 0 Å². The van der Waals surface area contributed by atoms with Crippen LogP contribution in [0.2, 0.25) is 0 Å². The van der Waals surface area contributed by atoms with E-state index in [0.717, 1.165) is 6.39 Å². The number of ether oxygens (including phenoxy) is 1. The molecule has 2 rings (SSSR count). The molecule has 1 aromatic heterocycles. The Kier molecular flexibility index (Phi) is 2.63. The standard InChI is InChI=1S/C9H8BNO5/c1-15-9(12)5-2-6(10(13)14)8-7(3-5)11-4-16-8/h2-4,13-14H,1H3. The quantitative estimate of drug-likeness (QED) is 0.514. The second-order valence-electron chi connectivity index (χ2n) is 3.13. The Labute approximate surface area is 90.6 Å². The topological polar surface area (TPSA) is 92.8 Å². The summed E-state index contributed by atoms with van der Waals surface area (Å²) >= 11 is 0. The van der Waals surface area contributed by atoms with Gasteiger partial charge in [0.2, 0.25) is 0 Å². The van der Waals surface area contributed by atoms with Crippen LogP contribution in [0.4, 0.5) is 0 Å². The minimum atomic E-state index is -1.74. The Balaban J connectivity index is 2.66. The van der Waals surface area contributed by atoms with Crippen LogP contribution in [0, 0.1) is 0 Å². The first-order valence-electron chi connectivity index (χ1n) is 4.45. The van der Waals surface area contributed by atoms with Gasteiger partial charge in [-0.15, -0.1) is 0 Å². The third-order valence-electron chi connectivity index (χ3n) is 2.16. The fourth-order valence-electron chi connectivity index (χ4n) is 1.42. The Morgan fingerprint density at radius 1 is 1.50 bits per heavy atom. The van der Waals surface area contributed by atoms with Crippen LogP contribution in [0.15, 0.2) is 22.9 Å². The molecule has 2 aromatic rings. The maximum atomic E-state index is 11.3. The van der Waals surface area contributed by atoms with E-state index in [2.05, 4.69) is 9.72 Å². The average Bonchev–Trinajstić information content (AvgIpc) is 2.74. The molecule has 0 saturated heterocycles. The lowest BCUT2D eigenvalue weighted by Gasteiger charge is -2.03. The Morgan fingerprint density at radius 2 is 2.25 bits per heavy atom. The third-order valence-corrected chi connectivity index (χ3v) is 2.16. The van der Waals surface area contributed by atoms with E-state index < -0.39 is 13.1 Å². The van der Waals surface area contributed by atoms with Crippen LogP contribution in [0.25, 0.3) is 11.1 Å². The number of fused-ring (bicyclic) bond motifs is 1. The molecule has 0 aliphatic rings. The van der Waals surface area contributed by atoms with Crippen LogP contribution in [-0.2, 0) is 4.74 Å². The largest absolute Gasteiger partial charge is 0.492 e. The molecule has 0 aliphatic heterocycles. The number of aromatic nitrogens is 1. The summed E-state index contributed by atoms with van der Waals surface area (Å²) in [6.07, 6.45) is 1.16. The molecular weight excluding hydrogens is 213 g/mol. The van der Waals surface area contributed by atoms with E-state index in [1.165, 1.54) is 19.2 Å².